The summed E-state index contributed by atoms with van der Waals surface area (Å²) in [7, 11) is 0. The van der Waals surface area contributed by atoms with E-state index in [1.54, 1.807) is 6.07 Å². The Hall–Kier alpha value is -2.00. The van der Waals surface area contributed by atoms with Gasteiger partial charge in [-0.2, -0.15) is 0 Å². The summed E-state index contributed by atoms with van der Waals surface area (Å²) in [5, 5.41) is 7.28. The van der Waals surface area contributed by atoms with E-state index in [4.69, 9.17) is 22.1 Å². The number of nitrogens with two attached hydrogens (primary N) is 1. The Balaban J connectivity index is 0.00000392. The van der Waals surface area contributed by atoms with E-state index in [1.165, 1.54) is 5.56 Å². The highest BCUT2D eigenvalue weighted by atomic mass is 127. The standard InChI is InChI=1S/C20H25ClN4O2.HI/c1-2-23-20(24-10-9-15-5-3-7-17(21)11-15)25-13-16-6-4-8-18(12-16)27-14-19(22)26;/h3-8,11-12H,2,9-10,13-14H2,1H3,(H2,22,26)(H2,23,24,25);1H. The largest absolute Gasteiger partial charge is 0.484 e. The third-order valence-electron chi connectivity index (χ3n) is 3.64. The average molecular weight is 517 g/mol. The van der Waals surface area contributed by atoms with E-state index >= 15 is 0 Å². The Morgan fingerprint density at radius 3 is 2.61 bits per heavy atom. The molecule has 0 heterocycles. The number of benzene rings is 2. The van der Waals surface area contributed by atoms with Crippen molar-refractivity contribution in [3.8, 4) is 5.75 Å². The molecule has 4 N–H and O–H groups in total. The molecule has 0 fully saturated rings. The molecule has 1 amide bonds. The third-order valence-corrected chi connectivity index (χ3v) is 3.87. The predicted octanol–water partition coefficient (Wildman–Crippen LogP) is 3.12. The van der Waals surface area contributed by atoms with E-state index in [2.05, 4.69) is 21.7 Å². The number of primary amides is 1. The van der Waals surface area contributed by atoms with Crippen molar-refractivity contribution in [1.29, 1.82) is 0 Å². The Morgan fingerprint density at radius 2 is 1.89 bits per heavy atom. The van der Waals surface area contributed by atoms with Gasteiger partial charge in [0.15, 0.2) is 12.6 Å². The number of nitrogens with zero attached hydrogens (tertiary/aromatic N) is 1. The number of carbonyl (C=O) groups is 1. The van der Waals surface area contributed by atoms with Gasteiger partial charge in [-0.25, -0.2) is 4.99 Å². The molecule has 0 saturated heterocycles. The van der Waals surface area contributed by atoms with Crippen molar-refractivity contribution in [3.05, 3.63) is 64.7 Å². The molecule has 2 aromatic carbocycles. The Kier molecular flexibility index (Phi) is 11.4. The molecular weight excluding hydrogens is 491 g/mol. The number of carbonyl (C=O) groups excluding carboxylic acids is 1. The van der Waals surface area contributed by atoms with Crippen LogP contribution in [-0.4, -0.2) is 31.6 Å². The summed E-state index contributed by atoms with van der Waals surface area (Å²) in [4.78, 5) is 15.4. The van der Waals surface area contributed by atoms with Crippen LogP contribution in [0.4, 0.5) is 0 Å². The van der Waals surface area contributed by atoms with E-state index in [0.29, 0.717) is 12.3 Å². The van der Waals surface area contributed by atoms with Gasteiger partial charge in [-0.3, -0.25) is 4.79 Å². The lowest BCUT2D eigenvalue weighted by molar-refractivity contribution is -0.119. The van der Waals surface area contributed by atoms with Crippen molar-refractivity contribution < 1.29 is 9.53 Å². The van der Waals surface area contributed by atoms with Crippen molar-refractivity contribution in [1.82, 2.24) is 10.6 Å². The molecule has 2 rings (SSSR count). The number of guanidine groups is 1. The van der Waals surface area contributed by atoms with Gasteiger partial charge in [0.1, 0.15) is 5.75 Å². The van der Waals surface area contributed by atoms with Gasteiger partial charge in [-0.15, -0.1) is 24.0 Å². The van der Waals surface area contributed by atoms with Crippen LogP contribution in [0.1, 0.15) is 18.1 Å². The van der Waals surface area contributed by atoms with Crippen molar-refractivity contribution >= 4 is 47.4 Å². The van der Waals surface area contributed by atoms with E-state index in [0.717, 1.165) is 36.1 Å². The average Bonchev–Trinajstić information content (AvgIpc) is 2.65. The summed E-state index contributed by atoms with van der Waals surface area (Å²) < 4.78 is 5.32. The molecule has 0 radical (unpaired) electrons. The van der Waals surface area contributed by atoms with Gasteiger partial charge in [-0.05, 0) is 48.7 Å². The minimum absolute atomic E-state index is 0. The fourth-order valence-corrected chi connectivity index (χ4v) is 2.63. The molecule has 0 aromatic heterocycles. The fraction of sp³-hybridized carbons (Fsp3) is 0.300. The SMILES string of the molecule is CCNC(=NCc1cccc(OCC(N)=O)c1)NCCc1cccc(Cl)c1.I. The highest BCUT2D eigenvalue weighted by molar-refractivity contribution is 14.0. The number of hydrogen-bond donors (Lipinski definition) is 3. The first-order valence-corrected chi connectivity index (χ1v) is 9.21. The smallest absolute Gasteiger partial charge is 0.255 e. The normalized spacial score (nSPS) is 10.7. The van der Waals surface area contributed by atoms with E-state index < -0.39 is 5.91 Å². The van der Waals surface area contributed by atoms with E-state index in [-0.39, 0.29) is 30.6 Å². The second-order valence-electron chi connectivity index (χ2n) is 5.90. The molecule has 0 aliphatic heterocycles. The Morgan fingerprint density at radius 1 is 1.14 bits per heavy atom. The van der Waals surface area contributed by atoms with Crippen molar-refractivity contribution in [2.45, 2.75) is 19.9 Å². The zero-order chi connectivity index (χ0) is 19.5. The van der Waals surface area contributed by atoms with Crippen LogP contribution in [0.2, 0.25) is 5.02 Å². The van der Waals surface area contributed by atoms with Gasteiger partial charge in [0.05, 0.1) is 6.54 Å². The first-order valence-electron chi connectivity index (χ1n) is 8.83. The molecule has 0 aliphatic carbocycles. The lowest BCUT2D eigenvalue weighted by Crippen LogP contribution is -2.38. The molecule has 0 aliphatic rings. The predicted molar refractivity (Wildman–Crippen MR) is 125 cm³/mol. The van der Waals surface area contributed by atoms with Crippen LogP contribution in [-0.2, 0) is 17.8 Å². The first kappa shape index (κ1) is 24.0. The van der Waals surface area contributed by atoms with Crippen molar-refractivity contribution in [2.24, 2.45) is 10.7 Å². The third kappa shape index (κ3) is 9.27. The van der Waals surface area contributed by atoms with Crippen LogP contribution in [0.5, 0.6) is 5.75 Å². The lowest BCUT2D eigenvalue weighted by atomic mass is 10.1. The molecule has 0 unspecified atom stereocenters. The number of rotatable bonds is 9. The highest BCUT2D eigenvalue weighted by Gasteiger charge is 2.02. The zero-order valence-electron chi connectivity index (χ0n) is 15.8. The van der Waals surface area contributed by atoms with E-state index in [9.17, 15) is 4.79 Å². The molecule has 8 heteroatoms. The summed E-state index contributed by atoms with van der Waals surface area (Å²) in [5.41, 5.74) is 7.24. The molecule has 28 heavy (non-hydrogen) atoms. The topological polar surface area (TPSA) is 88.7 Å². The molecule has 0 bridgehead atoms. The number of amides is 1. The zero-order valence-corrected chi connectivity index (χ0v) is 18.9. The number of hydrogen-bond acceptors (Lipinski definition) is 3. The number of aliphatic imine (C=N–C) groups is 1. The van der Waals surface area contributed by atoms with Gasteiger partial charge in [0, 0.05) is 18.1 Å². The highest BCUT2D eigenvalue weighted by Crippen LogP contribution is 2.14. The monoisotopic (exact) mass is 516 g/mol. The van der Waals surface area contributed by atoms with E-state index in [1.807, 2.05) is 43.3 Å². The minimum Gasteiger partial charge on any atom is -0.484 e. The van der Waals surface area contributed by atoms with Gasteiger partial charge < -0.3 is 21.1 Å². The Labute approximate surface area is 187 Å². The van der Waals surface area contributed by atoms with Crippen LogP contribution in [0, 0.1) is 0 Å². The van der Waals surface area contributed by atoms with Gasteiger partial charge in [0.25, 0.3) is 5.91 Å². The Bertz CT molecular complexity index is 786. The summed E-state index contributed by atoms with van der Waals surface area (Å²) in [5.74, 6) is 0.833. The second-order valence-corrected chi connectivity index (χ2v) is 6.34. The van der Waals surface area contributed by atoms with Crippen molar-refractivity contribution in [3.63, 3.8) is 0 Å². The van der Waals surface area contributed by atoms with Crippen molar-refractivity contribution in [2.75, 3.05) is 19.7 Å². The molecule has 0 spiro atoms. The fourth-order valence-electron chi connectivity index (χ4n) is 2.42. The molecular formula is C20H26ClIN4O2. The molecule has 6 nitrogen and oxygen atoms in total. The molecule has 0 atom stereocenters. The van der Waals surface area contributed by atoms with Crippen LogP contribution < -0.4 is 21.1 Å². The maximum Gasteiger partial charge on any atom is 0.255 e. The van der Waals surface area contributed by atoms with Crippen LogP contribution in [0.15, 0.2) is 53.5 Å². The summed E-state index contributed by atoms with van der Waals surface area (Å²) in [6.07, 6.45) is 0.849. The number of halogens is 2. The quantitative estimate of drug-likeness (QED) is 0.271. The molecule has 152 valence electrons. The summed E-state index contributed by atoms with van der Waals surface area (Å²) in [6.45, 7) is 3.88. The summed E-state index contributed by atoms with van der Waals surface area (Å²) in [6, 6.07) is 15.3. The number of ether oxygens (including phenoxy) is 1. The molecule has 2 aromatic rings. The summed E-state index contributed by atoms with van der Waals surface area (Å²) >= 11 is 6.01. The number of nitrogens with one attached hydrogen (secondary N) is 2. The van der Waals surface area contributed by atoms with Crippen LogP contribution in [0.25, 0.3) is 0 Å². The second kappa shape index (κ2) is 13.2. The first-order chi connectivity index (χ1) is 13.1. The lowest BCUT2D eigenvalue weighted by Gasteiger charge is -2.12. The maximum absolute atomic E-state index is 10.8. The molecule has 0 saturated carbocycles. The van der Waals surface area contributed by atoms with Gasteiger partial charge >= 0.3 is 0 Å². The van der Waals surface area contributed by atoms with Crippen LogP contribution >= 0.6 is 35.6 Å². The van der Waals surface area contributed by atoms with Gasteiger partial charge in [0.2, 0.25) is 0 Å². The van der Waals surface area contributed by atoms with Crippen LogP contribution in [0.3, 0.4) is 0 Å². The minimum atomic E-state index is -0.503. The maximum atomic E-state index is 10.8. The van der Waals surface area contributed by atoms with Gasteiger partial charge in [-0.1, -0.05) is 35.9 Å².